The van der Waals surface area contributed by atoms with Crippen molar-refractivity contribution in [3.05, 3.63) is 41.5 Å². The summed E-state index contributed by atoms with van der Waals surface area (Å²) in [4.78, 5) is 48.1. The van der Waals surface area contributed by atoms with Crippen LogP contribution >= 0.6 is 0 Å². The summed E-state index contributed by atoms with van der Waals surface area (Å²) in [5.41, 5.74) is 6.13. The van der Waals surface area contributed by atoms with Gasteiger partial charge in [0, 0.05) is 11.8 Å². The molecule has 0 bridgehead atoms. The summed E-state index contributed by atoms with van der Waals surface area (Å²) < 4.78 is 0. The first-order valence-electron chi connectivity index (χ1n) is 5.80. The Labute approximate surface area is 113 Å². The molecule has 1 aromatic rings. The number of hydrogen-bond acceptors (Lipinski definition) is 5. The maximum atomic E-state index is 12.3. The molecule has 0 aromatic heterocycles. The van der Waals surface area contributed by atoms with Gasteiger partial charge in [-0.25, -0.2) is 0 Å². The Bertz CT molecular complexity index is 708. The van der Waals surface area contributed by atoms with Gasteiger partial charge in [-0.2, -0.15) is 0 Å². The van der Waals surface area contributed by atoms with Gasteiger partial charge in [-0.05, 0) is 18.2 Å². The standard InChI is InChI=1S/C13H9N3O4/c14-7-3-1-2-6-10(7)13(20)16(12(6)19)8-4-5-9(17)15-11(8)18/h1-5,8H,14H2,(H,15,17,18)/t8-/m0/s1. The number of anilines is 1. The summed E-state index contributed by atoms with van der Waals surface area (Å²) in [6.45, 7) is 0. The molecule has 0 saturated carbocycles. The van der Waals surface area contributed by atoms with Gasteiger partial charge < -0.3 is 5.73 Å². The SMILES string of the molecule is Nc1cccc2c1C(=O)N([C@H]1C=CC(=O)NC1=O)C2=O. The van der Waals surface area contributed by atoms with Crippen LogP contribution in [0.15, 0.2) is 30.4 Å². The van der Waals surface area contributed by atoms with E-state index in [2.05, 4.69) is 0 Å². The van der Waals surface area contributed by atoms with E-state index in [0.717, 1.165) is 11.0 Å². The van der Waals surface area contributed by atoms with Gasteiger partial charge in [-0.15, -0.1) is 0 Å². The summed E-state index contributed by atoms with van der Waals surface area (Å²) in [5, 5.41) is 2.05. The number of benzene rings is 1. The zero-order valence-electron chi connectivity index (χ0n) is 10.1. The second-order valence-electron chi connectivity index (χ2n) is 4.41. The highest BCUT2D eigenvalue weighted by molar-refractivity contribution is 6.25. The minimum atomic E-state index is -1.14. The van der Waals surface area contributed by atoms with Gasteiger partial charge in [0.05, 0.1) is 11.1 Å². The molecule has 0 spiro atoms. The molecule has 3 rings (SSSR count). The first kappa shape index (κ1) is 12.1. The molecule has 1 atom stereocenters. The maximum absolute atomic E-state index is 12.3. The highest BCUT2D eigenvalue weighted by atomic mass is 16.2. The number of hydrogen-bond donors (Lipinski definition) is 2. The van der Waals surface area contributed by atoms with Gasteiger partial charge >= 0.3 is 0 Å². The Morgan fingerprint density at radius 3 is 2.50 bits per heavy atom. The van der Waals surface area contributed by atoms with Crippen molar-refractivity contribution in [2.45, 2.75) is 6.04 Å². The molecule has 0 saturated heterocycles. The lowest BCUT2D eigenvalue weighted by Gasteiger charge is -2.24. The fourth-order valence-electron chi connectivity index (χ4n) is 2.29. The molecule has 0 aliphatic carbocycles. The Hall–Kier alpha value is -2.96. The van der Waals surface area contributed by atoms with Crippen LogP contribution in [0.4, 0.5) is 5.69 Å². The fourth-order valence-corrected chi connectivity index (χ4v) is 2.29. The number of amides is 4. The van der Waals surface area contributed by atoms with Crippen LogP contribution in [-0.2, 0) is 9.59 Å². The van der Waals surface area contributed by atoms with Crippen molar-refractivity contribution in [2.24, 2.45) is 0 Å². The molecule has 100 valence electrons. The largest absolute Gasteiger partial charge is 0.398 e. The van der Waals surface area contributed by atoms with Crippen LogP contribution in [-0.4, -0.2) is 34.6 Å². The average Bonchev–Trinajstić information content (AvgIpc) is 2.64. The molecule has 3 N–H and O–H groups in total. The van der Waals surface area contributed by atoms with Gasteiger partial charge in [0.25, 0.3) is 17.7 Å². The monoisotopic (exact) mass is 271 g/mol. The molecular formula is C13H9N3O4. The molecule has 0 radical (unpaired) electrons. The zero-order valence-corrected chi connectivity index (χ0v) is 10.1. The summed E-state index contributed by atoms with van der Waals surface area (Å²) in [6, 6.07) is 3.40. The van der Waals surface area contributed by atoms with Crippen molar-refractivity contribution < 1.29 is 19.2 Å². The van der Waals surface area contributed by atoms with Gasteiger partial charge in [-0.1, -0.05) is 6.07 Å². The molecule has 7 nitrogen and oxygen atoms in total. The number of fused-ring (bicyclic) bond motifs is 1. The third-order valence-corrected chi connectivity index (χ3v) is 3.20. The van der Waals surface area contributed by atoms with Crippen molar-refractivity contribution >= 4 is 29.3 Å². The number of nitrogens with zero attached hydrogens (tertiary/aromatic N) is 1. The number of rotatable bonds is 1. The molecule has 2 heterocycles. The first-order valence-corrected chi connectivity index (χ1v) is 5.80. The van der Waals surface area contributed by atoms with Gasteiger partial charge in [0.2, 0.25) is 5.91 Å². The third kappa shape index (κ3) is 1.53. The third-order valence-electron chi connectivity index (χ3n) is 3.20. The van der Waals surface area contributed by atoms with Crippen molar-refractivity contribution in [1.82, 2.24) is 10.2 Å². The maximum Gasteiger partial charge on any atom is 0.264 e. The first-order chi connectivity index (χ1) is 9.50. The van der Waals surface area contributed by atoms with Crippen LogP contribution < -0.4 is 11.1 Å². The predicted octanol–water partition coefficient (Wildman–Crippen LogP) is -0.554. The van der Waals surface area contributed by atoms with Crippen molar-refractivity contribution in [3.8, 4) is 0 Å². The molecule has 0 fully saturated rings. The quantitative estimate of drug-likeness (QED) is 0.526. The molecule has 2 aliphatic rings. The van der Waals surface area contributed by atoms with E-state index in [1.807, 2.05) is 5.32 Å². The lowest BCUT2D eigenvalue weighted by Crippen LogP contribution is -2.51. The van der Waals surface area contributed by atoms with E-state index >= 15 is 0 Å². The van der Waals surface area contributed by atoms with Crippen molar-refractivity contribution in [2.75, 3.05) is 5.73 Å². The minimum Gasteiger partial charge on any atom is -0.398 e. The highest BCUT2D eigenvalue weighted by Gasteiger charge is 2.43. The number of nitrogen functional groups attached to an aromatic ring is 1. The normalized spacial score (nSPS) is 21.2. The smallest absolute Gasteiger partial charge is 0.264 e. The topological polar surface area (TPSA) is 110 Å². The van der Waals surface area contributed by atoms with Gasteiger partial charge in [-0.3, -0.25) is 29.4 Å². The molecule has 2 aliphatic heterocycles. The Morgan fingerprint density at radius 1 is 1.10 bits per heavy atom. The van der Waals surface area contributed by atoms with Crippen LogP contribution in [0, 0.1) is 0 Å². The van der Waals surface area contributed by atoms with Crippen LogP contribution in [0.3, 0.4) is 0 Å². The summed E-state index contributed by atoms with van der Waals surface area (Å²) >= 11 is 0. The number of carbonyl (C=O) groups excluding carboxylic acids is 4. The van der Waals surface area contributed by atoms with E-state index in [-0.39, 0.29) is 16.8 Å². The average molecular weight is 271 g/mol. The van der Waals surface area contributed by atoms with E-state index in [1.165, 1.54) is 18.2 Å². The van der Waals surface area contributed by atoms with Crippen LogP contribution in [0.25, 0.3) is 0 Å². The number of nitrogens with two attached hydrogens (primary N) is 1. The highest BCUT2D eigenvalue weighted by Crippen LogP contribution is 2.29. The second kappa shape index (κ2) is 4.02. The Balaban J connectivity index is 2.07. The molecular weight excluding hydrogens is 262 g/mol. The summed E-state index contributed by atoms with van der Waals surface area (Å²) in [6.07, 6.45) is 2.33. The lowest BCUT2D eigenvalue weighted by molar-refractivity contribution is -0.130. The van der Waals surface area contributed by atoms with E-state index in [9.17, 15) is 19.2 Å². The fraction of sp³-hybridized carbons (Fsp3) is 0.0769. The molecule has 1 aromatic carbocycles. The van der Waals surface area contributed by atoms with Crippen molar-refractivity contribution in [3.63, 3.8) is 0 Å². The summed E-state index contributed by atoms with van der Waals surface area (Å²) in [5.74, 6) is -2.54. The number of imide groups is 2. The molecule has 20 heavy (non-hydrogen) atoms. The van der Waals surface area contributed by atoms with Gasteiger partial charge in [0.1, 0.15) is 6.04 Å². The van der Waals surface area contributed by atoms with Crippen LogP contribution in [0.1, 0.15) is 20.7 Å². The lowest BCUT2D eigenvalue weighted by atomic mass is 10.1. The van der Waals surface area contributed by atoms with Gasteiger partial charge in [0.15, 0.2) is 0 Å². The molecule has 4 amide bonds. The van der Waals surface area contributed by atoms with E-state index in [4.69, 9.17) is 5.73 Å². The Kier molecular flexibility index (Phi) is 2.43. The second-order valence-corrected chi connectivity index (χ2v) is 4.41. The minimum absolute atomic E-state index is 0.0931. The van der Waals surface area contributed by atoms with Crippen molar-refractivity contribution in [1.29, 1.82) is 0 Å². The van der Waals surface area contributed by atoms with E-state index < -0.39 is 29.7 Å². The van der Waals surface area contributed by atoms with Crippen LogP contribution in [0.2, 0.25) is 0 Å². The molecule has 0 unspecified atom stereocenters. The van der Waals surface area contributed by atoms with Crippen LogP contribution in [0.5, 0.6) is 0 Å². The zero-order chi connectivity index (χ0) is 14.4. The Morgan fingerprint density at radius 2 is 1.85 bits per heavy atom. The number of nitrogens with one attached hydrogen (secondary N) is 1. The molecule has 7 heteroatoms. The predicted molar refractivity (Wildman–Crippen MR) is 67.4 cm³/mol. The van der Waals surface area contributed by atoms with E-state index in [1.54, 1.807) is 6.07 Å². The summed E-state index contributed by atoms with van der Waals surface area (Å²) in [7, 11) is 0. The van der Waals surface area contributed by atoms with E-state index in [0.29, 0.717) is 0 Å². The number of carbonyl (C=O) groups is 4.